The second-order valence-electron chi connectivity index (χ2n) is 3.81. The summed E-state index contributed by atoms with van der Waals surface area (Å²) in [7, 11) is 2.90. The molecule has 0 aliphatic rings. The average Bonchev–Trinajstić information content (AvgIpc) is 2.47. The van der Waals surface area contributed by atoms with Crippen LogP contribution in [0.5, 0.6) is 11.6 Å². The monoisotopic (exact) mass is 275 g/mol. The molecule has 0 aliphatic heterocycles. The maximum absolute atomic E-state index is 11.1. The van der Waals surface area contributed by atoms with E-state index in [9.17, 15) is 4.79 Å². The Kier molecular flexibility index (Phi) is 3.99. The molecule has 1 aromatic heterocycles. The molecule has 0 unspecified atom stereocenters. The summed E-state index contributed by atoms with van der Waals surface area (Å²) in [5.41, 5.74) is 0.646. The fourth-order valence-electron chi connectivity index (χ4n) is 1.59. The maximum Gasteiger partial charge on any atom is 0.341 e. The number of carboxylic acids is 1. The van der Waals surface area contributed by atoms with E-state index in [0.717, 1.165) is 0 Å². The Balaban J connectivity index is 2.29. The zero-order chi connectivity index (χ0) is 14.5. The highest BCUT2D eigenvalue weighted by Crippen LogP contribution is 2.22. The van der Waals surface area contributed by atoms with Crippen LogP contribution in [0.1, 0.15) is 10.4 Å². The van der Waals surface area contributed by atoms with Crippen molar-refractivity contribution in [2.45, 2.75) is 0 Å². The molecule has 2 rings (SSSR count). The molecule has 0 spiro atoms. The topological polar surface area (TPSA) is 93.6 Å². The molecular formula is C13H13N3O4. The highest BCUT2D eigenvalue weighted by atomic mass is 16.5. The van der Waals surface area contributed by atoms with E-state index in [4.69, 9.17) is 14.6 Å². The lowest BCUT2D eigenvalue weighted by molar-refractivity contribution is 0.0692. The molecule has 0 radical (unpaired) electrons. The van der Waals surface area contributed by atoms with Crippen LogP contribution in [-0.4, -0.2) is 35.5 Å². The zero-order valence-corrected chi connectivity index (χ0v) is 11.0. The lowest BCUT2D eigenvalue weighted by Crippen LogP contribution is -2.06. The molecular weight excluding hydrogens is 262 g/mol. The SMILES string of the molecule is COc1cccc(Nc2cc(C(=O)O)c(OC)nn2)c1. The first-order valence-electron chi connectivity index (χ1n) is 5.70. The number of carboxylic acid groups (broad SMARTS) is 1. The molecule has 0 bridgehead atoms. The first kappa shape index (κ1) is 13.6. The van der Waals surface area contributed by atoms with Gasteiger partial charge in [-0.05, 0) is 12.1 Å². The van der Waals surface area contributed by atoms with Gasteiger partial charge in [0.25, 0.3) is 0 Å². The highest BCUT2D eigenvalue weighted by Gasteiger charge is 2.14. The van der Waals surface area contributed by atoms with Gasteiger partial charge in [0.05, 0.1) is 14.2 Å². The molecule has 0 aliphatic carbocycles. The largest absolute Gasteiger partial charge is 0.497 e. The summed E-state index contributed by atoms with van der Waals surface area (Å²) in [5, 5.41) is 19.6. The second kappa shape index (κ2) is 5.87. The minimum absolute atomic E-state index is 0.0336. The van der Waals surface area contributed by atoms with E-state index in [1.807, 2.05) is 0 Å². The Morgan fingerprint density at radius 2 is 2.00 bits per heavy atom. The number of ether oxygens (including phenoxy) is 2. The van der Waals surface area contributed by atoms with Crippen LogP contribution in [0, 0.1) is 0 Å². The Morgan fingerprint density at radius 3 is 2.65 bits per heavy atom. The number of hydrogen-bond acceptors (Lipinski definition) is 6. The third-order valence-electron chi connectivity index (χ3n) is 2.53. The van der Waals surface area contributed by atoms with Crippen LogP contribution in [-0.2, 0) is 0 Å². The molecule has 2 N–H and O–H groups in total. The van der Waals surface area contributed by atoms with Crippen molar-refractivity contribution in [1.82, 2.24) is 10.2 Å². The van der Waals surface area contributed by atoms with Crippen molar-refractivity contribution in [3.63, 3.8) is 0 Å². The van der Waals surface area contributed by atoms with E-state index in [-0.39, 0.29) is 11.4 Å². The van der Waals surface area contributed by atoms with Gasteiger partial charge in [-0.3, -0.25) is 0 Å². The Hall–Kier alpha value is -2.83. The number of anilines is 2. The van der Waals surface area contributed by atoms with E-state index in [1.165, 1.54) is 13.2 Å². The van der Waals surface area contributed by atoms with Crippen LogP contribution >= 0.6 is 0 Å². The molecule has 0 fully saturated rings. The first-order valence-corrected chi connectivity index (χ1v) is 5.70. The van der Waals surface area contributed by atoms with E-state index >= 15 is 0 Å². The number of nitrogens with one attached hydrogen (secondary N) is 1. The predicted molar refractivity (Wildman–Crippen MR) is 71.8 cm³/mol. The van der Waals surface area contributed by atoms with Gasteiger partial charge >= 0.3 is 5.97 Å². The standard InChI is InChI=1S/C13H13N3O4/c1-19-9-5-3-4-8(6-9)14-11-7-10(13(17)18)12(20-2)16-15-11/h3-7H,1-2H3,(H,14,15)(H,17,18). The summed E-state index contributed by atoms with van der Waals surface area (Å²) in [6, 6.07) is 8.51. The fraction of sp³-hybridized carbons (Fsp3) is 0.154. The van der Waals surface area contributed by atoms with Gasteiger partial charge in [0.1, 0.15) is 11.3 Å². The predicted octanol–water partition coefficient (Wildman–Crippen LogP) is 1.94. The van der Waals surface area contributed by atoms with Gasteiger partial charge in [-0.1, -0.05) is 6.07 Å². The van der Waals surface area contributed by atoms with Crippen molar-refractivity contribution >= 4 is 17.5 Å². The number of rotatable bonds is 5. The van der Waals surface area contributed by atoms with Crippen LogP contribution in [0.25, 0.3) is 0 Å². The summed E-state index contributed by atoms with van der Waals surface area (Å²) < 4.78 is 9.95. The van der Waals surface area contributed by atoms with Crippen LogP contribution in [0.2, 0.25) is 0 Å². The second-order valence-corrected chi connectivity index (χ2v) is 3.81. The number of benzene rings is 1. The molecule has 7 nitrogen and oxygen atoms in total. The van der Waals surface area contributed by atoms with Crippen molar-refractivity contribution in [2.24, 2.45) is 0 Å². The number of aromatic nitrogens is 2. The lowest BCUT2D eigenvalue weighted by Gasteiger charge is -2.08. The van der Waals surface area contributed by atoms with Crippen LogP contribution in [0.4, 0.5) is 11.5 Å². The van der Waals surface area contributed by atoms with Crippen LogP contribution in [0.3, 0.4) is 0 Å². The van der Waals surface area contributed by atoms with Gasteiger partial charge in [-0.2, -0.15) is 0 Å². The Morgan fingerprint density at radius 1 is 1.20 bits per heavy atom. The summed E-state index contributed by atoms with van der Waals surface area (Å²) in [6.07, 6.45) is 0. The Bertz CT molecular complexity index is 631. The average molecular weight is 275 g/mol. The maximum atomic E-state index is 11.1. The smallest absolute Gasteiger partial charge is 0.341 e. The quantitative estimate of drug-likeness (QED) is 0.861. The lowest BCUT2D eigenvalue weighted by atomic mass is 10.2. The number of aromatic carboxylic acids is 1. The summed E-state index contributed by atoms with van der Waals surface area (Å²) in [6.45, 7) is 0. The summed E-state index contributed by atoms with van der Waals surface area (Å²) in [5.74, 6) is -0.189. The summed E-state index contributed by atoms with van der Waals surface area (Å²) >= 11 is 0. The summed E-state index contributed by atoms with van der Waals surface area (Å²) in [4.78, 5) is 11.1. The van der Waals surface area contributed by atoms with Gasteiger partial charge in [-0.15, -0.1) is 10.2 Å². The minimum Gasteiger partial charge on any atom is -0.497 e. The molecule has 20 heavy (non-hydrogen) atoms. The molecule has 0 amide bonds. The fourth-order valence-corrected chi connectivity index (χ4v) is 1.59. The molecule has 0 atom stereocenters. The number of hydrogen-bond donors (Lipinski definition) is 2. The molecule has 0 saturated carbocycles. The van der Waals surface area contributed by atoms with Crippen LogP contribution < -0.4 is 14.8 Å². The third-order valence-corrected chi connectivity index (χ3v) is 2.53. The van der Waals surface area contributed by atoms with Gasteiger partial charge in [0.2, 0.25) is 5.88 Å². The third kappa shape index (κ3) is 2.94. The number of methoxy groups -OCH3 is 2. The number of nitrogens with zero attached hydrogens (tertiary/aromatic N) is 2. The van der Waals surface area contributed by atoms with E-state index in [1.54, 1.807) is 31.4 Å². The molecule has 7 heteroatoms. The van der Waals surface area contributed by atoms with Gasteiger partial charge in [-0.25, -0.2) is 4.79 Å². The van der Waals surface area contributed by atoms with Crippen molar-refractivity contribution in [3.05, 3.63) is 35.9 Å². The number of carbonyl (C=O) groups is 1. The molecule has 104 valence electrons. The molecule has 2 aromatic rings. The Labute approximate surface area is 115 Å². The van der Waals surface area contributed by atoms with Crippen LogP contribution in [0.15, 0.2) is 30.3 Å². The van der Waals surface area contributed by atoms with Gasteiger partial charge < -0.3 is 19.9 Å². The van der Waals surface area contributed by atoms with E-state index in [0.29, 0.717) is 17.3 Å². The van der Waals surface area contributed by atoms with Gasteiger partial charge in [0, 0.05) is 17.8 Å². The van der Waals surface area contributed by atoms with Crippen molar-refractivity contribution < 1.29 is 19.4 Å². The zero-order valence-electron chi connectivity index (χ0n) is 11.0. The normalized spacial score (nSPS) is 9.90. The van der Waals surface area contributed by atoms with E-state index in [2.05, 4.69) is 15.5 Å². The first-order chi connectivity index (χ1) is 9.63. The highest BCUT2D eigenvalue weighted by molar-refractivity contribution is 5.91. The van der Waals surface area contributed by atoms with Crippen molar-refractivity contribution in [1.29, 1.82) is 0 Å². The molecule has 1 aromatic carbocycles. The van der Waals surface area contributed by atoms with Crippen molar-refractivity contribution in [2.75, 3.05) is 19.5 Å². The molecule has 1 heterocycles. The van der Waals surface area contributed by atoms with Gasteiger partial charge in [0.15, 0.2) is 5.82 Å². The minimum atomic E-state index is -1.13. The van der Waals surface area contributed by atoms with Crippen molar-refractivity contribution in [3.8, 4) is 11.6 Å². The van der Waals surface area contributed by atoms with E-state index < -0.39 is 5.97 Å². The molecule has 0 saturated heterocycles.